The number of nitrogens with two attached hydrogens (primary N) is 1. The summed E-state index contributed by atoms with van der Waals surface area (Å²) >= 11 is 6.87. The lowest BCUT2D eigenvalue weighted by molar-refractivity contribution is -0.140. The molecule has 0 saturated carbocycles. The fourth-order valence-corrected chi connectivity index (χ4v) is 7.38. The molecule has 246 valence electrons. The number of carbonyl (C=O) groups is 1. The highest BCUT2D eigenvalue weighted by molar-refractivity contribution is 6.34. The summed E-state index contributed by atoms with van der Waals surface area (Å²) in [4.78, 5) is 26.4. The van der Waals surface area contributed by atoms with Crippen LogP contribution in [0, 0.1) is 11.7 Å². The minimum atomic E-state index is -4.82. The van der Waals surface area contributed by atoms with Crippen LogP contribution in [0.5, 0.6) is 6.01 Å². The van der Waals surface area contributed by atoms with Gasteiger partial charge in [-0.1, -0.05) is 11.6 Å². The number of ether oxygens (including phenoxy) is 2. The number of likely N-dealkylation sites (tertiary alicyclic amines) is 1. The summed E-state index contributed by atoms with van der Waals surface area (Å²) in [6, 6.07) is 1.94. The summed E-state index contributed by atoms with van der Waals surface area (Å²) in [5.41, 5.74) is 5.22. The van der Waals surface area contributed by atoms with Crippen molar-refractivity contribution >= 4 is 29.0 Å². The van der Waals surface area contributed by atoms with Gasteiger partial charge in [0, 0.05) is 49.8 Å². The molecule has 16 heteroatoms. The number of benzene rings is 1. The molecule has 46 heavy (non-hydrogen) atoms. The number of rotatable bonds is 4. The van der Waals surface area contributed by atoms with E-state index in [1.807, 2.05) is 9.80 Å². The molecule has 7 rings (SSSR count). The Kier molecular flexibility index (Phi) is 7.96. The molecule has 3 atom stereocenters. The SMILES string of the molecule is COc1nc2c(c(N3CCCn4nc(C(=O)N5CC6CCCNC6C5)c(Cl)c4C3)n1)COC(c1c(C(F)(F)F)ccc(N)c1F)C2. The predicted molar refractivity (Wildman–Crippen MR) is 159 cm³/mol. The number of amides is 1. The average molecular weight is 665 g/mol. The molecule has 0 aliphatic carbocycles. The van der Waals surface area contributed by atoms with Gasteiger partial charge < -0.3 is 30.3 Å². The third-order valence-corrected chi connectivity index (χ3v) is 9.80. The Balaban J connectivity index is 1.18. The minimum absolute atomic E-state index is 0.00215. The maximum atomic E-state index is 15.1. The third kappa shape index (κ3) is 5.41. The number of aromatic nitrogens is 4. The van der Waals surface area contributed by atoms with Crippen LogP contribution < -0.4 is 20.7 Å². The van der Waals surface area contributed by atoms with E-state index in [2.05, 4.69) is 20.4 Å². The molecule has 4 aliphatic rings. The Bertz CT molecular complexity index is 1670. The Morgan fingerprint density at radius 1 is 1.20 bits per heavy atom. The van der Waals surface area contributed by atoms with Crippen LogP contribution in [0.4, 0.5) is 29.1 Å². The fraction of sp³-hybridized carbons (Fsp3) is 0.533. The molecule has 3 N–H and O–H groups in total. The van der Waals surface area contributed by atoms with Crippen molar-refractivity contribution < 1.29 is 31.8 Å². The van der Waals surface area contributed by atoms with Crippen molar-refractivity contribution in [3.05, 3.63) is 56.7 Å². The van der Waals surface area contributed by atoms with Gasteiger partial charge in [0.05, 0.1) is 54.0 Å². The van der Waals surface area contributed by atoms with Gasteiger partial charge in [0.2, 0.25) is 0 Å². The van der Waals surface area contributed by atoms with Crippen molar-refractivity contribution in [1.82, 2.24) is 30.0 Å². The quantitative estimate of drug-likeness (QED) is 0.313. The van der Waals surface area contributed by atoms with Crippen molar-refractivity contribution in [2.45, 2.75) is 63.7 Å². The number of hydrogen-bond acceptors (Lipinski definition) is 9. The van der Waals surface area contributed by atoms with E-state index in [9.17, 15) is 18.0 Å². The lowest BCUT2D eigenvalue weighted by Gasteiger charge is -2.31. The number of hydrogen-bond donors (Lipinski definition) is 2. The smallest absolute Gasteiger partial charge is 0.416 e. The molecule has 3 unspecified atom stereocenters. The Hall–Kier alpha value is -3.69. The van der Waals surface area contributed by atoms with Crippen LogP contribution in [0.3, 0.4) is 0 Å². The summed E-state index contributed by atoms with van der Waals surface area (Å²) in [6.45, 7) is 3.36. The van der Waals surface area contributed by atoms with Crippen LogP contribution in [0.25, 0.3) is 0 Å². The maximum absolute atomic E-state index is 15.1. The molecule has 11 nitrogen and oxygen atoms in total. The number of halogens is 5. The van der Waals surface area contributed by atoms with Crippen molar-refractivity contribution in [2.24, 2.45) is 5.92 Å². The summed E-state index contributed by atoms with van der Waals surface area (Å²) in [7, 11) is 1.39. The summed E-state index contributed by atoms with van der Waals surface area (Å²) in [5.74, 6) is -0.489. The van der Waals surface area contributed by atoms with E-state index in [4.69, 9.17) is 26.8 Å². The first-order valence-corrected chi connectivity index (χ1v) is 15.6. The number of nitrogens with one attached hydrogen (secondary N) is 1. The van der Waals surface area contributed by atoms with E-state index in [-0.39, 0.29) is 48.2 Å². The summed E-state index contributed by atoms with van der Waals surface area (Å²) in [6.07, 6.45) is -3.46. The van der Waals surface area contributed by atoms with Crippen molar-refractivity contribution in [3.8, 4) is 6.01 Å². The predicted octanol–water partition coefficient (Wildman–Crippen LogP) is 4.12. The summed E-state index contributed by atoms with van der Waals surface area (Å²) in [5, 5.41) is 8.42. The molecule has 2 fully saturated rings. The lowest BCUT2D eigenvalue weighted by atomic mass is 9.94. The highest BCUT2D eigenvalue weighted by Gasteiger charge is 2.41. The molecular formula is C30H33ClF4N8O3. The largest absolute Gasteiger partial charge is 0.467 e. The maximum Gasteiger partial charge on any atom is 0.416 e. The molecule has 0 spiro atoms. The van der Waals surface area contributed by atoms with E-state index in [0.29, 0.717) is 61.3 Å². The minimum Gasteiger partial charge on any atom is -0.467 e. The third-order valence-electron chi connectivity index (χ3n) is 9.40. The second-order valence-corrected chi connectivity index (χ2v) is 12.5. The van der Waals surface area contributed by atoms with Crippen LogP contribution in [0.1, 0.15) is 63.9 Å². The lowest BCUT2D eigenvalue weighted by Crippen LogP contribution is -2.41. The second kappa shape index (κ2) is 11.8. The van der Waals surface area contributed by atoms with Gasteiger partial charge in [0.15, 0.2) is 11.5 Å². The van der Waals surface area contributed by atoms with Gasteiger partial charge in [-0.2, -0.15) is 28.2 Å². The highest BCUT2D eigenvalue weighted by Crippen LogP contribution is 2.43. The fourth-order valence-electron chi connectivity index (χ4n) is 7.10. The standard InChI is InChI=1S/C30H33ClF4N8O3/c1-45-29-38-19-10-22(23-17(30(33,34)35)5-6-18(36)25(23)32)46-14-16(19)27(39-29)41-8-3-9-43-21(13-41)24(31)26(40-43)28(44)42-11-15-4-2-7-37-20(15)12-42/h5-6,15,20,22,37H,2-4,7-14,36H2,1H3. The van der Waals surface area contributed by atoms with Crippen molar-refractivity contribution in [1.29, 1.82) is 0 Å². The Labute approximate surface area is 267 Å². The molecule has 2 aromatic heterocycles. The Morgan fingerprint density at radius 3 is 2.78 bits per heavy atom. The van der Waals surface area contributed by atoms with Gasteiger partial charge in [-0.25, -0.2) is 4.39 Å². The van der Waals surface area contributed by atoms with Crippen molar-refractivity contribution in [2.75, 3.05) is 43.9 Å². The number of nitrogen functional groups attached to an aromatic ring is 1. The number of nitrogens with zero attached hydrogens (tertiary/aromatic N) is 6. The first-order valence-electron chi connectivity index (χ1n) is 15.3. The van der Waals surface area contributed by atoms with Crippen molar-refractivity contribution in [3.63, 3.8) is 0 Å². The molecule has 0 radical (unpaired) electrons. The van der Waals surface area contributed by atoms with Crippen LogP contribution >= 0.6 is 11.6 Å². The van der Waals surface area contributed by atoms with Gasteiger partial charge in [0.1, 0.15) is 5.82 Å². The molecule has 1 aromatic carbocycles. The zero-order chi connectivity index (χ0) is 32.3. The molecule has 4 aliphatic heterocycles. The van der Waals surface area contributed by atoms with Gasteiger partial charge in [-0.05, 0) is 43.9 Å². The number of carbonyl (C=O) groups excluding carboxylic acids is 1. The van der Waals surface area contributed by atoms with E-state index in [1.54, 1.807) is 4.68 Å². The average Bonchev–Trinajstić information content (AvgIpc) is 3.53. The molecule has 6 heterocycles. The molecule has 3 aromatic rings. The highest BCUT2D eigenvalue weighted by atomic mass is 35.5. The topological polar surface area (TPSA) is 124 Å². The first kappa shape index (κ1) is 30.9. The molecule has 0 bridgehead atoms. The number of methoxy groups -OCH3 is 1. The summed E-state index contributed by atoms with van der Waals surface area (Å²) < 4.78 is 69.7. The van der Waals surface area contributed by atoms with Crippen LogP contribution in [-0.4, -0.2) is 69.9 Å². The number of alkyl halides is 3. The van der Waals surface area contributed by atoms with E-state index >= 15 is 4.39 Å². The normalized spacial score (nSPS) is 23.0. The zero-order valence-electron chi connectivity index (χ0n) is 25.0. The van der Waals surface area contributed by atoms with Crippen LogP contribution in [0.2, 0.25) is 5.02 Å². The van der Waals surface area contributed by atoms with E-state index in [1.165, 1.54) is 7.11 Å². The number of anilines is 2. The number of aryl methyl sites for hydroxylation is 1. The van der Waals surface area contributed by atoms with E-state index < -0.39 is 34.9 Å². The molecular weight excluding hydrogens is 632 g/mol. The monoisotopic (exact) mass is 664 g/mol. The molecule has 2 saturated heterocycles. The first-order chi connectivity index (χ1) is 22.0. The van der Waals surface area contributed by atoms with Gasteiger partial charge in [0.25, 0.3) is 5.91 Å². The van der Waals surface area contributed by atoms with Crippen LogP contribution in [0.15, 0.2) is 12.1 Å². The van der Waals surface area contributed by atoms with Gasteiger partial charge >= 0.3 is 12.2 Å². The van der Waals surface area contributed by atoms with Crippen LogP contribution in [-0.2, 0) is 37.0 Å². The zero-order valence-corrected chi connectivity index (χ0v) is 25.8. The van der Waals surface area contributed by atoms with Gasteiger partial charge in [-0.3, -0.25) is 9.48 Å². The van der Waals surface area contributed by atoms with Gasteiger partial charge in [-0.15, -0.1) is 0 Å². The number of piperidine rings is 1. The number of fused-ring (bicyclic) bond motifs is 3. The molecule has 1 amide bonds. The Morgan fingerprint density at radius 2 is 2.02 bits per heavy atom. The van der Waals surface area contributed by atoms with E-state index in [0.717, 1.165) is 31.5 Å². The second-order valence-electron chi connectivity index (χ2n) is 12.2.